The van der Waals surface area contributed by atoms with Crippen molar-refractivity contribution in [1.29, 1.82) is 0 Å². The quantitative estimate of drug-likeness (QED) is 0.815. The molecule has 1 aromatic rings. The lowest BCUT2D eigenvalue weighted by Gasteiger charge is -2.12. The maximum Gasteiger partial charge on any atom is 0.118 e. The smallest absolute Gasteiger partial charge is 0.118 e. The molecule has 0 radical (unpaired) electrons. The zero-order valence-corrected chi connectivity index (χ0v) is 10.5. The van der Waals surface area contributed by atoms with Crippen LogP contribution in [0.15, 0.2) is 24.3 Å². The summed E-state index contributed by atoms with van der Waals surface area (Å²) < 4.78 is 5.14. The molecule has 1 aliphatic rings. The number of nitrogens with two attached hydrogens (primary N) is 1. The molecule has 1 aliphatic carbocycles. The van der Waals surface area contributed by atoms with Gasteiger partial charge < -0.3 is 15.8 Å². The van der Waals surface area contributed by atoms with Crippen LogP contribution in [0.3, 0.4) is 0 Å². The third-order valence-electron chi connectivity index (χ3n) is 3.48. The van der Waals surface area contributed by atoms with Crippen molar-refractivity contribution in [3.8, 4) is 5.75 Å². The third kappa shape index (κ3) is 3.72. The van der Waals surface area contributed by atoms with Gasteiger partial charge >= 0.3 is 0 Å². The number of nitrogens with one attached hydrogen (secondary N) is 1. The number of hydrogen-bond donors (Lipinski definition) is 2. The fourth-order valence-corrected chi connectivity index (χ4v) is 2.41. The van der Waals surface area contributed by atoms with E-state index in [1.807, 2.05) is 12.1 Å². The van der Waals surface area contributed by atoms with Gasteiger partial charge in [-0.3, -0.25) is 0 Å². The summed E-state index contributed by atoms with van der Waals surface area (Å²) in [7, 11) is 1.69. The van der Waals surface area contributed by atoms with Crippen molar-refractivity contribution >= 4 is 0 Å². The summed E-state index contributed by atoms with van der Waals surface area (Å²) in [5.74, 6) is 0.920. The van der Waals surface area contributed by atoms with Gasteiger partial charge in [-0.2, -0.15) is 0 Å². The van der Waals surface area contributed by atoms with Crippen LogP contribution in [-0.4, -0.2) is 25.7 Å². The third-order valence-corrected chi connectivity index (χ3v) is 3.48. The normalized spacial score (nSPS) is 23.9. The fraction of sp³-hybridized carbons (Fsp3) is 0.571. The molecule has 0 aliphatic heterocycles. The molecule has 0 saturated heterocycles. The second kappa shape index (κ2) is 6.03. The lowest BCUT2D eigenvalue weighted by atomic mass is 10.1. The van der Waals surface area contributed by atoms with E-state index in [1.165, 1.54) is 18.4 Å². The van der Waals surface area contributed by atoms with Gasteiger partial charge in [0.2, 0.25) is 0 Å². The molecule has 17 heavy (non-hydrogen) atoms. The average molecular weight is 234 g/mol. The first-order valence-electron chi connectivity index (χ1n) is 6.40. The largest absolute Gasteiger partial charge is 0.497 e. The van der Waals surface area contributed by atoms with E-state index in [0.29, 0.717) is 12.1 Å². The zero-order valence-electron chi connectivity index (χ0n) is 10.5. The Morgan fingerprint density at radius 1 is 1.29 bits per heavy atom. The Morgan fingerprint density at radius 2 is 2.06 bits per heavy atom. The summed E-state index contributed by atoms with van der Waals surface area (Å²) in [6.45, 7) is 1.03. The lowest BCUT2D eigenvalue weighted by molar-refractivity contribution is 0.414. The Labute approximate surface area is 103 Å². The Kier molecular flexibility index (Phi) is 4.40. The topological polar surface area (TPSA) is 47.3 Å². The van der Waals surface area contributed by atoms with Crippen molar-refractivity contribution in [2.24, 2.45) is 5.73 Å². The van der Waals surface area contributed by atoms with Gasteiger partial charge in [0.15, 0.2) is 0 Å². The molecule has 3 heteroatoms. The highest BCUT2D eigenvalue weighted by Gasteiger charge is 2.20. The van der Waals surface area contributed by atoms with E-state index < -0.39 is 0 Å². The molecule has 1 fully saturated rings. The van der Waals surface area contributed by atoms with E-state index in [1.54, 1.807) is 7.11 Å². The molecule has 3 nitrogen and oxygen atoms in total. The second-order valence-corrected chi connectivity index (χ2v) is 4.82. The molecule has 94 valence electrons. The lowest BCUT2D eigenvalue weighted by Crippen LogP contribution is -2.30. The first-order valence-corrected chi connectivity index (χ1v) is 6.40. The minimum Gasteiger partial charge on any atom is -0.497 e. The van der Waals surface area contributed by atoms with Crippen LogP contribution in [0, 0.1) is 0 Å². The van der Waals surface area contributed by atoms with Crippen molar-refractivity contribution in [3.63, 3.8) is 0 Å². The van der Waals surface area contributed by atoms with Crippen LogP contribution >= 0.6 is 0 Å². The first kappa shape index (κ1) is 12.4. The van der Waals surface area contributed by atoms with E-state index in [2.05, 4.69) is 17.4 Å². The van der Waals surface area contributed by atoms with Gasteiger partial charge in [0, 0.05) is 12.1 Å². The van der Waals surface area contributed by atoms with E-state index in [9.17, 15) is 0 Å². The van der Waals surface area contributed by atoms with Crippen LogP contribution in [0.2, 0.25) is 0 Å². The minimum atomic E-state index is 0.411. The van der Waals surface area contributed by atoms with Gasteiger partial charge in [-0.1, -0.05) is 12.1 Å². The van der Waals surface area contributed by atoms with Gasteiger partial charge in [0.25, 0.3) is 0 Å². The number of ether oxygens (including phenoxy) is 1. The van der Waals surface area contributed by atoms with Crippen LogP contribution in [0.4, 0.5) is 0 Å². The maximum absolute atomic E-state index is 5.89. The Morgan fingerprint density at radius 3 is 2.65 bits per heavy atom. The predicted molar refractivity (Wildman–Crippen MR) is 70.3 cm³/mol. The molecular formula is C14H22N2O. The van der Waals surface area contributed by atoms with Crippen molar-refractivity contribution in [2.75, 3.05) is 13.7 Å². The fourth-order valence-electron chi connectivity index (χ4n) is 2.41. The molecule has 2 unspecified atom stereocenters. The van der Waals surface area contributed by atoms with Crippen molar-refractivity contribution in [1.82, 2.24) is 5.32 Å². The van der Waals surface area contributed by atoms with Crippen LogP contribution in [-0.2, 0) is 6.42 Å². The SMILES string of the molecule is COc1ccc(CCNC2CCC(N)C2)cc1. The zero-order chi connectivity index (χ0) is 12.1. The summed E-state index contributed by atoms with van der Waals surface area (Å²) >= 11 is 0. The van der Waals surface area contributed by atoms with Gasteiger partial charge in [0.05, 0.1) is 7.11 Å². The van der Waals surface area contributed by atoms with E-state index >= 15 is 0 Å². The van der Waals surface area contributed by atoms with Gasteiger partial charge in [0.1, 0.15) is 5.75 Å². The molecular weight excluding hydrogens is 212 g/mol. The second-order valence-electron chi connectivity index (χ2n) is 4.82. The minimum absolute atomic E-state index is 0.411. The maximum atomic E-state index is 5.89. The number of methoxy groups -OCH3 is 1. The summed E-state index contributed by atoms with van der Waals surface area (Å²) in [6, 6.07) is 9.32. The Bertz CT molecular complexity index is 337. The van der Waals surface area contributed by atoms with Gasteiger partial charge in [-0.05, 0) is 49.9 Å². The summed E-state index contributed by atoms with van der Waals surface area (Å²) in [4.78, 5) is 0. The van der Waals surface area contributed by atoms with Crippen LogP contribution in [0.5, 0.6) is 5.75 Å². The van der Waals surface area contributed by atoms with Crippen LogP contribution < -0.4 is 15.8 Å². The monoisotopic (exact) mass is 234 g/mol. The first-order chi connectivity index (χ1) is 8.28. The van der Waals surface area contributed by atoms with Gasteiger partial charge in [-0.25, -0.2) is 0 Å². The molecule has 2 atom stereocenters. The molecule has 1 aromatic carbocycles. The van der Waals surface area contributed by atoms with E-state index in [-0.39, 0.29) is 0 Å². The number of hydrogen-bond acceptors (Lipinski definition) is 3. The molecule has 0 heterocycles. The molecule has 2 rings (SSSR count). The Balaban J connectivity index is 1.70. The average Bonchev–Trinajstić information content (AvgIpc) is 2.76. The molecule has 0 bridgehead atoms. The van der Waals surface area contributed by atoms with Crippen LogP contribution in [0.25, 0.3) is 0 Å². The molecule has 0 amide bonds. The summed E-state index contributed by atoms with van der Waals surface area (Å²) in [5.41, 5.74) is 7.23. The standard InChI is InChI=1S/C14H22N2O/c1-17-14-6-2-11(3-7-14)8-9-16-13-5-4-12(15)10-13/h2-3,6-7,12-13,16H,4-5,8-10,15H2,1H3. The molecule has 0 spiro atoms. The van der Waals surface area contributed by atoms with Crippen molar-refractivity contribution in [2.45, 2.75) is 37.8 Å². The highest BCUT2D eigenvalue weighted by atomic mass is 16.5. The molecule has 0 aromatic heterocycles. The predicted octanol–water partition coefficient (Wildman–Crippen LogP) is 1.71. The highest BCUT2D eigenvalue weighted by molar-refractivity contribution is 5.27. The highest BCUT2D eigenvalue weighted by Crippen LogP contribution is 2.17. The van der Waals surface area contributed by atoms with E-state index in [0.717, 1.165) is 25.1 Å². The van der Waals surface area contributed by atoms with Crippen molar-refractivity contribution in [3.05, 3.63) is 29.8 Å². The Hall–Kier alpha value is -1.06. The van der Waals surface area contributed by atoms with Crippen molar-refractivity contribution < 1.29 is 4.74 Å². The number of benzene rings is 1. The summed E-state index contributed by atoms with van der Waals surface area (Å²) in [6.07, 6.45) is 4.59. The van der Waals surface area contributed by atoms with E-state index in [4.69, 9.17) is 10.5 Å². The van der Waals surface area contributed by atoms with Crippen LogP contribution in [0.1, 0.15) is 24.8 Å². The molecule has 1 saturated carbocycles. The van der Waals surface area contributed by atoms with Gasteiger partial charge in [-0.15, -0.1) is 0 Å². The number of rotatable bonds is 5. The molecule has 3 N–H and O–H groups in total. The summed E-state index contributed by atoms with van der Waals surface area (Å²) in [5, 5.41) is 3.58.